The number of aliphatic hydroxyl groups excluding tert-OH is 1. The third kappa shape index (κ3) is 2.10. The Hall–Kier alpha value is -1.14. The van der Waals surface area contributed by atoms with E-state index in [9.17, 15) is 5.11 Å². The molecule has 2 aliphatic rings. The fourth-order valence-corrected chi connectivity index (χ4v) is 3.07. The van der Waals surface area contributed by atoms with Crippen LogP contribution in [0.3, 0.4) is 0 Å². The van der Waals surface area contributed by atoms with E-state index in [2.05, 4.69) is 20.4 Å². The quantitative estimate of drug-likeness (QED) is 0.807. The summed E-state index contributed by atoms with van der Waals surface area (Å²) in [7, 11) is 0. The third-order valence-corrected chi connectivity index (χ3v) is 4.07. The zero-order valence-electron chi connectivity index (χ0n) is 10.7. The number of fused-ring (bicyclic) bond motifs is 1. The van der Waals surface area contributed by atoms with Gasteiger partial charge >= 0.3 is 6.01 Å². The van der Waals surface area contributed by atoms with Gasteiger partial charge < -0.3 is 19.7 Å². The Bertz CT molecular complexity index is 409. The van der Waals surface area contributed by atoms with Crippen LogP contribution < -0.4 is 10.2 Å². The summed E-state index contributed by atoms with van der Waals surface area (Å²) in [4.78, 5) is 2.11. The van der Waals surface area contributed by atoms with Crippen LogP contribution in [0.2, 0.25) is 0 Å². The van der Waals surface area contributed by atoms with E-state index in [1.165, 1.54) is 0 Å². The Labute approximate surface area is 106 Å². The van der Waals surface area contributed by atoms with E-state index >= 15 is 0 Å². The highest BCUT2D eigenvalue weighted by molar-refractivity contribution is 5.28. The molecule has 6 heteroatoms. The minimum absolute atomic E-state index is 0.149. The summed E-state index contributed by atoms with van der Waals surface area (Å²) >= 11 is 0. The molecule has 2 fully saturated rings. The molecular formula is C12H20N4O2. The SMILES string of the molecule is CCNCc1nnc(N2CC3CCC(O)C3C2)o1. The first-order valence-corrected chi connectivity index (χ1v) is 6.74. The van der Waals surface area contributed by atoms with Gasteiger partial charge in [0, 0.05) is 19.0 Å². The van der Waals surface area contributed by atoms with Crippen molar-refractivity contribution >= 4 is 6.01 Å². The molecule has 0 bridgehead atoms. The van der Waals surface area contributed by atoms with Gasteiger partial charge in [0.25, 0.3) is 0 Å². The third-order valence-electron chi connectivity index (χ3n) is 4.07. The molecule has 0 aromatic carbocycles. The summed E-state index contributed by atoms with van der Waals surface area (Å²) in [5, 5.41) is 21.2. The molecule has 1 aliphatic heterocycles. The summed E-state index contributed by atoms with van der Waals surface area (Å²) < 4.78 is 5.63. The second kappa shape index (κ2) is 4.85. The first kappa shape index (κ1) is 11.9. The normalized spacial score (nSPS) is 31.0. The fourth-order valence-electron chi connectivity index (χ4n) is 3.07. The second-order valence-electron chi connectivity index (χ2n) is 5.23. The average molecular weight is 252 g/mol. The van der Waals surface area contributed by atoms with Crippen LogP contribution in [0, 0.1) is 11.8 Å². The van der Waals surface area contributed by atoms with Crippen LogP contribution in [0.5, 0.6) is 0 Å². The van der Waals surface area contributed by atoms with Crippen molar-refractivity contribution in [1.82, 2.24) is 15.5 Å². The molecule has 6 nitrogen and oxygen atoms in total. The highest BCUT2D eigenvalue weighted by atomic mass is 16.4. The van der Waals surface area contributed by atoms with E-state index in [0.29, 0.717) is 30.3 Å². The first-order chi connectivity index (χ1) is 8.78. The Kier molecular flexibility index (Phi) is 3.22. The molecule has 0 amide bonds. The van der Waals surface area contributed by atoms with Crippen molar-refractivity contribution in [2.45, 2.75) is 32.4 Å². The summed E-state index contributed by atoms with van der Waals surface area (Å²) in [5.41, 5.74) is 0. The zero-order chi connectivity index (χ0) is 12.5. The monoisotopic (exact) mass is 252 g/mol. The number of anilines is 1. The maximum absolute atomic E-state index is 9.88. The van der Waals surface area contributed by atoms with Crippen molar-refractivity contribution in [3.8, 4) is 0 Å². The summed E-state index contributed by atoms with van der Waals surface area (Å²) in [5.74, 6) is 1.60. The summed E-state index contributed by atoms with van der Waals surface area (Å²) in [6, 6.07) is 0.601. The number of rotatable bonds is 4. The van der Waals surface area contributed by atoms with Gasteiger partial charge in [0.15, 0.2) is 0 Å². The van der Waals surface area contributed by atoms with Crippen molar-refractivity contribution in [2.24, 2.45) is 11.8 Å². The van der Waals surface area contributed by atoms with E-state index in [-0.39, 0.29) is 6.10 Å². The van der Waals surface area contributed by atoms with Crippen LogP contribution in [-0.4, -0.2) is 41.0 Å². The molecule has 1 aliphatic carbocycles. The van der Waals surface area contributed by atoms with Gasteiger partial charge in [-0.15, -0.1) is 5.10 Å². The number of hydrogen-bond donors (Lipinski definition) is 2. The predicted octanol–water partition coefficient (Wildman–Crippen LogP) is 0.386. The Balaban J connectivity index is 1.64. The minimum Gasteiger partial charge on any atom is -0.407 e. The average Bonchev–Trinajstić information content (AvgIpc) is 3.04. The number of aliphatic hydroxyl groups is 1. The lowest BCUT2D eigenvalue weighted by Gasteiger charge is -2.15. The van der Waals surface area contributed by atoms with Crippen LogP contribution >= 0.6 is 0 Å². The molecule has 2 heterocycles. The van der Waals surface area contributed by atoms with Gasteiger partial charge in [0.2, 0.25) is 5.89 Å². The second-order valence-corrected chi connectivity index (χ2v) is 5.23. The Morgan fingerprint density at radius 2 is 2.28 bits per heavy atom. The topological polar surface area (TPSA) is 74.4 Å². The molecule has 100 valence electrons. The molecule has 0 radical (unpaired) electrons. The van der Waals surface area contributed by atoms with Gasteiger partial charge in [-0.1, -0.05) is 12.0 Å². The van der Waals surface area contributed by atoms with Gasteiger partial charge in [0.05, 0.1) is 12.6 Å². The van der Waals surface area contributed by atoms with Crippen LogP contribution in [0.25, 0.3) is 0 Å². The van der Waals surface area contributed by atoms with Crippen LogP contribution in [0.4, 0.5) is 6.01 Å². The predicted molar refractivity (Wildman–Crippen MR) is 66.1 cm³/mol. The van der Waals surface area contributed by atoms with Crippen molar-refractivity contribution in [3.05, 3.63) is 5.89 Å². The van der Waals surface area contributed by atoms with Crippen LogP contribution in [0.1, 0.15) is 25.7 Å². The van der Waals surface area contributed by atoms with E-state index in [4.69, 9.17) is 4.42 Å². The first-order valence-electron chi connectivity index (χ1n) is 6.74. The van der Waals surface area contributed by atoms with Gasteiger partial charge in [-0.2, -0.15) is 0 Å². The lowest BCUT2D eigenvalue weighted by Crippen LogP contribution is -2.24. The Morgan fingerprint density at radius 3 is 3.06 bits per heavy atom. The summed E-state index contributed by atoms with van der Waals surface area (Å²) in [6.45, 7) is 5.32. The molecule has 18 heavy (non-hydrogen) atoms. The van der Waals surface area contributed by atoms with Crippen molar-refractivity contribution < 1.29 is 9.52 Å². The van der Waals surface area contributed by atoms with Gasteiger partial charge in [0.1, 0.15) is 0 Å². The zero-order valence-corrected chi connectivity index (χ0v) is 10.7. The molecule has 1 saturated heterocycles. The molecule has 1 aromatic rings. The van der Waals surface area contributed by atoms with Crippen LogP contribution in [-0.2, 0) is 6.54 Å². The van der Waals surface area contributed by atoms with Gasteiger partial charge in [-0.05, 0) is 25.3 Å². The highest BCUT2D eigenvalue weighted by Gasteiger charge is 2.43. The molecular weight excluding hydrogens is 232 g/mol. The van der Waals surface area contributed by atoms with Crippen molar-refractivity contribution in [1.29, 1.82) is 0 Å². The van der Waals surface area contributed by atoms with Crippen molar-refractivity contribution in [2.75, 3.05) is 24.5 Å². The number of hydrogen-bond acceptors (Lipinski definition) is 6. The van der Waals surface area contributed by atoms with E-state index in [1.807, 2.05) is 6.92 Å². The van der Waals surface area contributed by atoms with E-state index in [1.54, 1.807) is 0 Å². The molecule has 1 aromatic heterocycles. The lowest BCUT2D eigenvalue weighted by atomic mass is 10.00. The molecule has 3 atom stereocenters. The molecule has 1 saturated carbocycles. The molecule has 2 N–H and O–H groups in total. The number of nitrogens with zero attached hydrogens (tertiary/aromatic N) is 3. The van der Waals surface area contributed by atoms with E-state index in [0.717, 1.165) is 32.5 Å². The van der Waals surface area contributed by atoms with E-state index < -0.39 is 0 Å². The minimum atomic E-state index is -0.149. The number of nitrogens with one attached hydrogen (secondary N) is 1. The van der Waals surface area contributed by atoms with Gasteiger partial charge in [-0.3, -0.25) is 0 Å². The lowest BCUT2D eigenvalue weighted by molar-refractivity contribution is 0.133. The smallest absolute Gasteiger partial charge is 0.318 e. The standard InChI is InChI=1S/C12H20N4O2/c1-2-13-5-11-14-15-12(18-11)16-6-8-3-4-10(17)9(8)7-16/h8-10,13,17H,2-7H2,1H3. The highest BCUT2D eigenvalue weighted by Crippen LogP contribution is 2.39. The largest absolute Gasteiger partial charge is 0.407 e. The fraction of sp³-hybridized carbons (Fsp3) is 0.833. The number of aromatic nitrogens is 2. The summed E-state index contributed by atoms with van der Waals surface area (Å²) in [6.07, 6.45) is 1.91. The molecule has 0 spiro atoms. The van der Waals surface area contributed by atoms with Crippen LogP contribution in [0.15, 0.2) is 4.42 Å². The molecule has 3 rings (SSSR count). The maximum atomic E-state index is 9.88. The van der Waals surface area contributed by atoms with Crippen molar-refractivity contribution in [3.63, 3.8) is 0 Å². The maximum Gasteiger partial charge on any atom is 0.318 e. The van der Waals surface area contributed by atoms with Gasteiger partial charge in [-0.25, -0.2) is 0 Å². The Morgan fingerprint density at radius 1 is 1.39 bits per heavy atom. The molecule has 3 unspecified atom stereocenters.